The van der Waals surface area contributed by atoms with Crippen molar-refractivity contribution in [2.24, 2.45) is 0 Å². The van der Waals surface area contributed by atoms with Crippen molar-refractivity contribution in [3.8, 4) is 0 Å². The summed E-state index contributed by atoms with van der Waals surface area (Å²) in [6, 6.07) is 4.13. The Labute approximate surface area is 100 Å². The molecule has 0 aliphatic rings. The summed E-state index contributed by atoms with van der Waals surface area (Å²) in [5.74, 6) is 0. The van der Waals surface area contributed by atoms with E-state index in [1.54, 1.807) is 6.20 Å². The van der Waals surface area contributed by atoms with Gasteiger partial charge in [0.25, 0.3) is 0 Å². The number of aryl methyl sites for hydroxylation is 1. The fourth-order valence-corrected chi connectivity index (χ4v) is 1.97. The second-order valence-corrected chi connectivity index (χ2v) is 4.07. The molecular weight excluding hydrogens is 220 g/mol. The first kappa shape index (κ1) is 11.1. The number of hydrogen-bond acceptors (Lipinski definition) is 3. The molecule has 0 N–H and O–H groups in total. The molecule has 0 amide bonds. The summed E-state index contributed by atoms with van der Waals surface area (Å²) in [7, 11) is 0. The molecule has 2 aromatic heterocycles. The molecule has 0 spiro atoms. The molecule has 0 aliphatic carbocycles. The van der Waals surface area contributed by atoms with Crippen LogP contribution in [0.3, 0.4) is 0 Å². The minimum Gasteiger partial charge on any atom is -0.487 e. The van der Waals surface area contributed by atoms with E-state index >= 15 is 0 Å². The molecule has 0 fully saturated rings. The largest absolute Gasteiger partial charge is 0.487 e. The van der Waals surface area contributed by atoms with Gasteiger partial charge in [-0.2, -0.15) is 0 Å². The quantitative estimate of drug-likeness (QED) is 0.763. The summed E-state index contributed by atoms with van der Waals surface area (Å²) in [6.45, 7) is 4.61. The first-order valence-electron chi connectivity index (χ1n) is 5.29. The van der Waals surface area contributed by atoms with E-state index in [1.165, 1.54) is 0 Å². The molecule has 16 heavy (non-hydrogen) atoms. The minimum absolute atomic E-state index is 0.623. The lowest BCUT2D eigenvalue weighted by atomic mass is 10.2. The van der Waals surface area contributed by atoms with Gasteiger partial charge in [-0.25, -0.2) is 4.98 Å². The van der Waals surface area contributed by atoms with E-state index in [0.29, 0.717) is 18.1 Å². The van der Waals surface area contributed by atoms with Crippen LogP contribution in [-0.2, 0) is 11.2 Å². The van der Waals surface area contributed by atoms with E-state index in [4.69, 9.17) is 17.0 Å². The van der Waals surface area contributed by atoms with E-state index < -0.39 is 0 Å². The van der Waals surface area contributed by atoms with Crippen molar-refractivity contribution in [3.05, 3.63) is 35.8 Å². The van der Waals surface area contributed by atoms with E-state index in [1.807, 2.05) is 20.0 Å². The lowest BCUT2D eigenvalue weighted by Gasteiger charge is -2.08. The number of imidazole rings is 1. The molecule has 0 saturated carbocycles. The van der Waals surface area contributed by atoms with Crippen LogP contribution < -0.4 is 0 Å². The van der Waals surface area contributed by atoms with Crippen LogP contribution in [0, 0.1) is 6.92 Å². The Morgan fingerprint density at radius 2 is 2.31 bits per heavy atom. The zero-order valence-corrected chi connectivity index (χ0v) is 10.3. The number of pyridine rings is 1. The van der Waals surface area contributed by atoms with E-state index in [9.17, 15) is 0 Å². The predicted octanol–water partition coefficient (Wildman–Crippen LogP) is 2.55. The van der Waals surface area contributed by atoms with Crippen molar-refractivity contribution in [1.82, 2.24) is 9.38 Å². The third-order valence-electron chi connectivity index (χ3n) is 2.46. The topological polar surface area (TPSA) is 26.5 Å². The summed E-state index contributed by atoms with van der Waals surface area (Å²) < 4.78 is 7.36. The van der Waals surface area contributed by atoms with Gasteiger partial charge < -0.3 is 9.14 Å². The maximum atomic E-state index is 5.30. The van der Waals surface area contributed by atoms with Gasteiger partial charge in [-0.15, -0.1) is 0 Å². The number of thiocarbonyl (C=S) groups is 1. The van der Waals surface area contributed by atoms with Crippen molar-refractivity contribution in [1.29, 1.82) is 0 Å². The van der Waals surface area contributed by atoms with Gasteiger partial charge in [0.1, 0.15) is 5.65 Å². The molecule has 2 heterocycles. The van der Waals surface area contributed by atoms with E-state index in [0.717, 1.165) is 16.9 Å². The Kier molecular flexibility index (Phi) is 3.19. The molecular formula is C12H14N2OS. The normalized spacial score (nSPS) is 10.6. The van der Waals surface area contributed by atoms with Crippen LogP contribution in [0.15, 0.2) is 24.5 Å². The van der Waals surface area contributed by atoms with Gasteiger partial charge >= 0.3 is 0 Å². The highest BCUT2D eigenvalue weighted by Gasteiger charge is 2.06. The van der Waals surface area contributed by atoms with Crippen molar-refractivity contribution in [3.63, 3.8) is 0 Å². The molecule has 4 heteroatoms. The Hall–Kier alpha value is -1.42. The second-order valence-electron chi connectivity index (χ2n) is 3.61. The monoisotopic (exact) mass is 234 g/mol. The zero-order valence-electron chi connectivity index (χ0n) is 9.43. The maximum absolute atomic E-state index is 5.30. The first-order chi connectivity index (χ1) is 7.72. The highest BCUT2D eigenvalue weighted by Crippen LogP contribution is 2.12. The van der Waals surface area contributed by atoms with Crippen LogP contribution in [0.2, 0.25) is 0 Å². The lowest BCUT2D eigenvalue weighted by Crippen LogP contribution is -2.08. The number of rotatable bonds is 3. The summed E-state index contributed by atoms with van der Waals surface area (Å²) in [5.41, 5.74) is 3.25. The average molecular weight is 234 g/mol. The molecule has 0 aromatic carbocycles. The Morgan fingerprint density at radius 1 is 1.50 bits per heavy atom. The van der Waals surface area contributed by atoms with Gasteiger partial charge in [0, 0.05) is 18.1 Å². The zero-order chi connectivity index (χ0) is 11.5. The van der Waals surface area contributed by atoms with Crippen LogP contribution in [0.25, 0.3) is 5.65 Å². The number of nitrogens with zero attached hydrogens (tertiary/aromatic N) is 2. The third-order valence-corrected chi connectivity index (χ3v) is 2.72. The predicted molar refractivity (Wildman–Crippen MR) is 67.9 cm³/mol. The minimum atomic E-state index is 0.623. The van der Waals surface area contributed by atoms with Gasteiger partial charge in [0.15, 0.2) is 5.05 Å². The second kappa shape index (κ2) is 4.61. The average Bonchev–Trinajstić information content (AvgIpc) is 2.72. The van der Waals surface area contributed by atoms with Crippen LogP contribution in [-0.4, -0.2) is 21.0 Å². The fourth-order valence-electron chi connectivity index (χ4n) is 1.71. The van der Waals surface area contributed by atoms with Crippen LogP contribution >= 0.6 is 12.2 Å². The molecule has 0 bridgehead atoms. The first-order valence-corrected chi connectivity index (χ1v) is 5.70. The lowest BCUT2D eigenvalue weighted by molar-refractivity contribution is 0.329. The summed E-state index contributed by atoms with van der Waals surface area (Å²) in [5, 5.41) is 0.626. The van der Waals surface area contributed by atoms with Gasteiger partial charge in [-0.1, -0.05) is 6.07 Å². The number of ether oxygens (including phenoxy) is 1. The van der Waals surface area contributed by atoms with Crippen molar-refractivity contribution >= 4 is 22.9 Å². The molecule has 0 radical (unpaired) electrons. The fraction of sp³-hybridized carbons (Fsp3) is 0.333. The molecule has 2 rings (SSSR count). The third kappa shape index (κ3) is 2.07. The van der Waals surface area contributed by atoms with Crippen molar-refractivity contribution < 1.29 is 4.74 Å². The maximum Gasteiger partial charge on any atom is 0.165 e. The highest BCUT2D eigenvalue weighted by molar-refractivity contribution is 7.80. The molecule has 0 atom stereocenters. The van der Waals surface area contributed by atoms with E-state index in [-0.39, 0.29) is 0 Å². The smallest absolute Gasteiger partial charge is 0.165 e. The van der Waals surface area contributed by atoms with Gasteiger partial charge in [-0.05, 0) is 37.7 Å². The Morgan fingerprint density at radius 3 is 3.06 bits per heavy atom. The molecule has 3 nitrogen and oxygen atoms in total. The SMILES string of the molecule is CCOC(=S)Cc1ccc(C)c2nccn12. The van der Waals surface area contributed by atoms with Crippen LogP contribution in [0.1, 0.15) is 18.2 Å². The number of aromatic nitrogens is 2. The molecule has 84 valence electrons. The standard InChI is InChI=1S/C12H14N2OS/c1-3-15-11(16)8-10-5-4-9(2)12-13-6-7-14(10)12/h4-7H,3,8H2,1-2H3. The summed E-state index contributed by atoms with van der Waals surface area (Å²) >= 11 is 5.15. The molecule has 0 unspecified atom stereocenters. The van der Waals surface area contributed by atoms with Crippen molar-refractivity contribution in [2.75, 3.05) is 6.61 Å². The van der Waals surface area contributed by atoms with Crippen LogP contribution in [0.5, 0.6) is 0 Å². The summed E-state index contributed by atoms with van der Waals surface area (Å²) in [4.78, 5) is 4.31. The highest BCUT2D eigenvalue weighted by atomic mass is 32.1. The van der Waals surface area contributed by atoms with E-state index in [2.05, 4.69) is 21.5 Å². The summed E-state index contributed by atoms with van der Waals surface area (Å²) in [6.07, 6.45) is 4.40. The number of hydrogen-bond donors (Lipinski definition) is 0. The number of fused-ring (bicyclic) bond motifs is 1. The van der Waals surface area contributed by atoms with Gasteiger partial charge in [0.2, 0.25) is 0 Å². The molecule has 0 saturated heterocycles. The molecule has 0 aliphatic heterocycles. The van der Waals surface area contributed by atoms with Gasteiger partial charge in [0.05, 0.1) is 13.0 Å². The van der Waals surface area contributed by atoms with Crippen molar-refractivity contribution in [2.45, 2.75) is 20.3 Å². The van der Waals surface area contributed by atoms with Crippen LogP contribution in [0.4, 0.5) is 0 Å². The Balaban J connectivity index is 2.34. The molecule has 2 aromatic rings. The Bertz CT molecular complexity index is 519. The van der Waals surface area contributed by atoms with Gasteiger partial charge in [-0.3, -0.25) is 0 Å².